The van der Waals surface area contributed by atoms with Crippen molar-refractivity contribution in [3.05, 3.63) is 20.0 Å². The minimum absolute atomic E-state index is 0.0537. The molecule has 1 unspecified atom stereocenters. The summed E-state index contributed by atoms with van der Waals surface area (Å²) in [5, 5.41) is 0. The molecule has 3 atom stereocenters. The number of rotatable bonds is 4. The fourth-order valence-corrected chi connectivity index (χ4v) is 5.02. The number of carbonyl (C=O) groups excluding carboxylic acids is 1. The Morgan fingerprint density at radius 3 is 2.92 bits per heavy atom. The predicted molar refractivity (Wildman–Crippen MR) is 93.6 cm³/mol. The Kier molecular flexibility index (Phi) is 4.08. The molecule has 1 saturated heterocycles. The summed E-state index contributed by atoms with van der Waals surface area (Å²) < 4.78 is 13.0. The number of nitrogens with one attached hydrogen (secondary N) is 1. The predicted octanol–water partition coefficient (Wildman–Crippen LogP) is 0.658. The minimum atomic E-state index is -0.582. The summed E-state index contributed by atoms with van der Waals surface area (Å²) in [7, 11) is 0. The topological polar surface area (TPSA) is 129 Å². The van der Waals surface area contributed by atoms with Crippen LogP contribution in [-0.4, -0.2) is 37.8 Å². The minimum Gasteiger partial charge on any atom is -0.459 e. The molecule has 25 heavy (non-hydrogen) atoms. The highest BCUT2D eigenvalue weighted by Crippen LogP contribution is 2.44. The number of fused-ring (bicyclic) bond motifs is 1. The van der Waals surface area contributed by atoms with Gasteiger partial charge in [0.2, 0.25) is 5.95 Å². The van der Waals surface area contributed by atoms with Crippen molar-refractivity contribution < 1.29 is 14.3 Å². The number of nitrogens with two attached hydrogens (primary N) is 1. The van der Waals surface area contributed by atoms with Crippen molar-refractivity contribution in [2.45, 2.75) is 37.5 Å². The van der Waals surface area contributed by atoms with Crippen molar-refractivity contribution in [1.82, 2.24) is 14.5 Å². The third kappa shape index (κ3) is 3.07. The van der Waals surface area contributed by atoms with Gasteiger partial charge in [0.25, 0.3) is 5.56 Å². The number of hydrogen-bond donors (Lipinski definition) is 2. The summed E-state index contributed by atoms with van der Waals surface area (Å²) in [5.41, 5.74) is 5.03. The van der Waals surface area contributed by atoms with Gasteiger partial charge in [-0.15, -0.1) is 11.8 Å². The molecule has 0 bridgehead atoms. The quantitative estimate of drug-likeness (QED) is 0.736. The second kappa shape index (κ2) is 6.15. The van der Waals surface area contributed by atoms with Crippen LogP contribution in [0.1, 0.15) is 26.0 Å². The molecular formula is C14H16N4O5S2. The van der Waals surface area contributed by atoms with Crippen LogP contribution in [-0.2, 0) is 14.3 Å². The zero-order valence-corrected chi connectivity index (χ0v) is 14.9. The molecule has 0 radical (unpaired) electrons. The van der Waals surface area contributed by atoms with Crippen LogP contribution in [0.25, 0.3) is 10.3 Å². The normalized spacial score (nSPS) is 24.5. The van der Waals surface area contributed by atoms with Gasteiger partial charge in [-0.1, -0.05) is 11.3 Å². The second-order valence-electron chi connectivity index (χ2n) is 6.05. The van der Waals surface area contributed by atoms with Crippen LogP contribution in [0.5, 0.6) is 0 Å². The van der Waals surface area contributed by atoms with E-state index in [0.717, 1.165) is 24.2 Å². The van der Waals surface area contributed by atoms with Crippen LogP contribution in [0.3, 0.4) is 0 Å². The Morgan fingerprint density at radius 1 is 1.48 bits per heavy atom. The van der Waals surface area contributed by atoms with Gasteiger partial charge >= 0.3 is 10.8 Å². The van der Waals surface area contributed by atoms with Crippen LogP contribution >= 0.6 is 23.1 Å². The van der Waals surface area contributed by atoms with Gasteiger partial charge in [-0.2, -0.15) is 4.98 Å². The van der Waals surface area contributed by atoms with E-state index in [-0.39, 0.29) is 38.7 Å². The molecular weight excluding hydrogens is 368 g/mol. The lowest BCUT2D eigenvalue weighted by Gasteiger charge is -2.22. The number of nitrogen functional groups attached to an aromatic ring is 1. The van der Waals surface area contributed by atoms with Crippen molar-refractivity contribution in [2.75, 3.05) is 11.5 Å². The first-order valence-electron chi connectivity index (χ1n) is 7.79. The molecule has 0 aromatic carbocycles. The van der Waals surface area contributed by atoms with Gasteiger partial charge in [-0.3, -0.25) is 23.9 Å². The van der Waals surface area contributed by atoms with Crippen LogP contribution in [0.4, 0.5) is 5.95 Å². The SMILES string of the molecule is CC(=O)OC(C1CC1)[C@H]1O[C@@H](n2c(=O)sc3c(=O)[nH]c(N)nc32)CS1. The van der Waals surface area contributed by atoms with Gasteiger partial charge in [0.1, 0.15) is 22.5 Å². The Bertz CT molecular complexity index is 947. The lowest BCUT2D eigenvalue weighted by Crippen LogP contribution is -2.32. The number of H-pyrrole nitrogens is 1. The molecule has 2 aromatic rings. The van der Waals surface area contributed by atoms with E-state index in [1.54, 1.807) is 0 Å². The average Bonchev–Trinajstić information content (AvgIpc) is 3.17. The summed E-state index contributed by atoms with van der Waals surface area (Å²) in [4.78, 5) is 41.8. The van der Waals surface area contributed by atoms with E-state index in [1.165, 1.54) is 23.3 Å². The largest absolute Gasteiger partial charge is 0.459 e. The standard InChI is InChI=1S/C14H16N4O5S2/c1-5(19)22-8(6-2-3-6)12-23-7(4-24-12)18-10-9(25-14(18)21)11(20)17-13(15)16-10/h6-8,12H,2-4H2,1H3,(H3,15,16,17,20)/t7-,8?,12+/m1/s1. The molecule has 4 rings (SSSR count). The molecule has 0 spiro atoms. The highest BCUT2D eigenvalue weighted by molar-refractivity contribution is 8.00. The highest BCUT2D eigenvalue weighted by atomic mass is 32.2. The number of ether oxygens (including phenoxy) is 2. The number of carbonyl (C=O) groups is 1. The highest BCUT2D eigenvalue weighted by Gasteiger charge is 2.44. The maximum absolute atomic E-state index is 12.4. The number of nitrogens with zero attached hydrogens (tertiary/aromatic N) is 2. The maximum Gasteiger partial charge on any atom is 0.311 e. The molecule has 1 aliphatic carbocycles. The van der Waals surface area contributed by atoms with Crippen LogP contribution in [0, 0.1) is 5.92 Å². The molecule has 1 saturated carbocycles. The fourth-order valence-electron chi connectivity index (χ4n) is 2.91. The van der Waals surface area contributed by atoms with Gasteiger partial charge in [-0.25, -0.2) is 0 Å². The summed E-state index contributed by atoms with van der Waals surface area (Å²) in [5.74, 6) is 0.397. The second-order valence-corrected chi connectivity index (χ2v) is 8.14. The van der Waals surface area contributed by atoms with E-state index in [0.29, 0.717) is 11.7 Å². The lowest BCUT2D eigenvalue weighted by molar-refractivity contribution is -0.154. The molecule has 9 nitrogen and oxygen atoms in total. The van der Waals surface area contributed by atoms with Crippen molar-refractivity contribution in [1.29, 1.82) is 0 Å². The number of anilines is 1. The molecule has 2 fully saturated rings. The Morgan fingerprint density at radius 2 is 2.24 bits per heavy atom. The van der Waals surface area contributed by atoms with E-state index in [4.69, 9.17) is 15.2 Å². The first-order chi connectivity index (χ1) is 11.9. The van der Waals surface area contributed by atoms with Crippen LogP contribution < -0.4 is 16.2 Å². The molecule has 1 aliphatic heterocycles. The Balaban J connectivity index is 1.65. The summed E-state index contributed by atoms with van der Waals surface area (Å²) in [6.45, 7) is 1.38. The number of esters is 1. The first-order valence-corrected chi connectivity index (χ1v) is 9.65. The van der Waals surface area contributed by atoms with Gasteiger partial charge in [0.05, 0.1) is 0 Å². The molecule has 0 amide bonds. The molecule has 11 heteroatoms. The number of aromatic nitrogens is 3. The zero-order valence-electron chi connectivity index (χ0n) is 13.3. The van der Waals surface area contributed by atoms with Crippen LogP contribution in [0.2, 0.25) is 0 Å². The summed E-state index contributed by atoms with van der Waals surface area (Å²) >= 11 is 2.30. The van der Waals surface area contributed by atoms with Crippen molar-refractivity contribution in [3.63, 3.8) is 0 Å². The third-order valence-electron chi connectivity index (χ3n) is 4.13. The first kappa shape index (κ1) is 16.6. The average molecular weight is 384 g/mol. The molecule has 3 heterocycles. The van der Waals surface area contributed by atoms with E-state index >= 15 is 0 Å². The van der Waals surface area contributed by atoms with E-state index < -0.39 is 11.8 Å². The van der Waals surface area contributed by atoms with Gasteiger partial charge in [-0.05, 0) is 18.8 Å². The van der Waals surface area contributed by atoms with Crippen molar-refractivity contribution in [3.8, 4) is 0 Å². The number of thioether (sulfide) groups is 1. The van der Waals surface area contributed by atoms with Gasteiger partial charge in [0.15, 0.2) is 5.65 Å². The van der Waals surface area contributed by atoms with Gasteiger partial charge in [0, 0.05) is 12.7 Å². The molecule has 2 aromatic heterocycles. The van der Waals surface area contributed by atoms with Crippen molar-refractivity contribution in [2.24, 2.45) is 5.92 Å². The monoisotopic (exact) mass is 384 g/mol. The molecule has 134 valence electrons. The number of hydrogen-bond acceptors (Lipinski definition) is 9. The van der Waals surface area contributed by atoms with E-state index in [2.05, 4.69) is 9.97 Å². The smallest absolute Gasteiger partial charge is 0.311 e. The zero-order chi connectivity index (χ0) is 17.7. The van der Waals surface area contributed by atoms with Gasteiger partial charge < -0.3 is 15.2 Å². The third-order valence-corrected chi connectivity index (χ3v) is 6.26. The maximum atomic E-state index is 12.4. The fraction of sp³-hybridized carbons (Fsp3) is 0.571. The van der Waals surface area contributed by atoms with E-state index in [9.17, 15) is 14.4 Å². The Labute approximate surface area is 149 Å². The molecule has 3 N–H and O–H groups in total. The van der Waals surface area contributed by atoms with E-state index in [1.807, 2.05) is 0 Å². The summed E-state index contributed by atoms with van der Waals surface area (Å²) in [6, 6.07) is 0. The number of aromatic amines is 1. The lowest BCUT2D eigenvalue weighted by atomic mass is 10.2. The Hall–Kier alpha value is -1.85. The van der Waals surface area contributed by atoms with Crippen LogP contribution in [0.15, 0.2) is 9.59 Å². The molecule has 2 aliphatic rings. The number of thiazole rings is 1. The van der Waals surface area contributed by atoms with Crippen molar-refractivity contribution >= 4 is 45.4 Å². The summed E-state index contributed by atoms with van der Waals surface area (Å²) in [6.07, 6.45) is 1.09.